The quantitative estimate of drug-likeness (QED) is 0.220. The highest BCUT2D eigenvalue weighted by Crippen LogP contribution is 2.42. The van der Waals surface area contributed by atoms with E-state index in [9.17, 15) is 9.90 Å². The maximum absolute atomic E-state index is 12.1. The van der Waals surface area contributed by atoms with Crippen LogP contribution in [0, 0.1) is 0 Å². The second kappa shape index (κ2) is 9.43. The number of nitrogens with zero attached hydrogens (tertiary/aromatic N) is 2. The zero-order valence-corrected chi connectivity index (χ0v) is 20.8. The third-order valence-corrected chi connectivity index (χ3v) is 7.26. The van der Waals surface area contributed by atoms with Crippen molar-refractivity contribution in [3.8, 4) is 22.5 Å². The molecule has 1 aliphatic carbocycles. The van der Waals surface area contributed by atoms with Gasteiger partial charge in [0.15, 0.2) is 0 Å². The van der Waals surface area contributed by atoms with Crippen LogP contribution in [0.25, 0.3) is 33.4 Å². The van der Waals surface area contributed by atoms with Crippen molar-refractivity contribution in [3.63, 3.8) is 0 Å². The van der Waals surface area contributed by atoms with Crippen LogP contribution in [0.15, 0.2) is 65.1 Å². The van der Waals surface area contributed by atoms with Crippen molar-refractivity contribution in [1.29, 1.82) is 0 Å². The van der Waals surface area contributed by atoms with Gasteiger partial charge in [-0.2, -0.15) is 0 Å². The summed E-state index contributed by atoms with van der Waals surface area (Å²) in [5.41, 5.74) is 4.74. The molecule has 0 aromatic heterocycles. The molecule has 0 spiro atoms. The molecule has 4 rings (SSSR count). The first kappa shape index (κ1) is 23.7. The van der Waals surface area contributed by atoms with Gasteiger partial charge in [-0.25, -0.2) is 9.37 Å². The average molecular weight is 459 g/mol. The number of benzene rings is 3. The highest BCUT2D eigenvalue weighted by Gasteiger charge is 2.25. The molecule has 176 valence electrons. The Morgan fingerprint density at radius 1 is 0.912 bits per heavy atom. The molecule has 1 N–H and O–H groups in total. The van der Waals surface area contributed by atoms with Gasteiger partial charge in [0.1, 0.15) is 30.1 Å². The molecule has 2 aromatic carbocycles. The van der Waals surface area contributed by atoms with Gasteiger partial charge in [0.05, 0.1) is 31.8 Å². The molecule has 0 saturated heterocycles. The van der Waals surface area contributed by atoms with Gasteiger partial charge in [-0.15, -0.1) is 0 Å². The third kappa shape index (κ3) is 4.01. The van der Waals surface area contributed by atoms with Gasteiger partial charge in [0.2, 0.25) is 5.36 Å². The molecular weight excluding hydrogens is 424 g/mol. The van der Waals surface area contributed by atoms with E-state index in [0.717, 1.165) is 63.9 Å². The summed E-state index contributed by atoms with van der Waals surface area (Å²) in [5.74, 6) is -0.179. The van der Waals surface area contributed by atoms with Crippen LogP contribution < -0.4 is 14.4 Å². The molecule has 0 atom stereocenters. The van der Waals surface area contributed by atoms with Crippen LogP contribution in [-0.2, 0) is 0 Å². The lowest BCUT2D eigenvalue weighted by atomic mass is 9.90. The molecule has 2 aromatic rings. The number of carbonyl (C=O) groups is 1. The molecule has 0 fully saturated rings. The molecule has 1 heterocycles. The van der Waals surface area contributed by atoms with Crippen molar-refractivity contribution in [2.24, 2.45) is 0 Å². The fourth-order valence-electron chi connectivity index (χ4n) is 4.76. The Kier molecular flexibility index (Phi) is 6.58. The van der Waals surface area contributed by atoms with E-state index in [4.69, 9.17) is 4.42 Å². The van der Waals surface area contributed by atoms with Crippen molar-refractivity contribution in [1.82, 2.24) is 9.06 Å². The zero-order valence-electron chi connectivity index (χ0n) is 20.8. The van der Waals surface area contributed by atoms with Crippen LogP contribution in [0.3, 0.4) is 0 Å². The molecule has 5 heteroatoms. The Balaban J connectivity index is 2.15. The van der Waals surface area contributed by atoms with E-state index in [0.29, 0.717) is 5.56 Å². The largest absolute Gasteiger partial charge is 0.478 e. The van der Waals surface area contributed by atoms with Crippen LogP contribution in [0.5, 0.6) is 0 Å². The van der Waals surface area contributed by atoms with Gasteiger partial charge in [-0.1, -0.05) is 18.2 Å². The normalized spacial score (nSPS) is 11.8. The number of fused-ring (bicyclic) bond motifs is 2. The number of carboxylic acids is 1. The van der Waals surface area contributed by atoms with Crippen molar-refractivity contribution in [2.45, 2.75) is 27.7 Å². The van der Waals surface area contributed by atoms with Crippen molar-refractivity contribution in [2.75, 3.05) is 33.2 Å². The van der Waals surface area contributed by atoms with Crippen LogP contribution in [0.1, 0.15) is 38.1 Å². The predicted molar refractivity (Wildman–Crippen MR) is 140 cm³/mol. The number of hydrogen-bond acceptors (Lipinski definition) is 2. The van der Waals surface area contributed by atoms with Crippen LogP contribution >= 0.6 is 0 Å². The molecule has 0 bridgehead atoms. The Morgan fingerprint density at radius 2 is 1.62 bits per heavy atom. The van der Waals surface area contributed by atoms with E-state index in [1.54, 1.807) is 12.1 Å². The molecule has 0 unspecified atom stereocenters. The van der Waals surface area contributed by atoms with E-state index >= 15 is 0 Å². The maximum atomic E-state index is 12.1. The summed E-state index contributed by atoms with van der Waals surface area (Å²) in [6.07, 6.45) is 0. The van der Waals surface area contributed by atoms with Gasteiger partial charge in [0.25, 0.3) is 0 Å². The zero-order chi connectivity index (χ0) is 24.5. The Morgan fingerprint density at radius 3 is 2.26 bits per heavy atom. The fraction of sp³-hybridized carbons (Fsp3) is 0.310. The van der Waals surface area contributed by atoms with Gasteiger partial charge < -0.3 is 9.52 Å². The van der Waals surface area contributed by atoms with Crippen molar-refractivity contribution < 1.29 is 14.3 Å². The van der Waals surface area contributed by atoms with Crippen LogP contribution in [0.4, 0.5) is 5.69 Å². The topological polar surface area (TPSA) is 53.5 Å². The minimum absolute atomic E-state index is 0.288. The summed E-state index contributed by atoms with van der Waals surface area (Å²) >= 11 is 0. The molecule has 34 heavy (non-hydrogen) atoms. The van der Waals surface area contributed by atoms with Gasteiger partial charge >= 0.3 is 5.97 Å². The summed E-state index contributed by atoms with van der Waals surface area (Å²) in [7, 11) is 2.22. The van der Waals surface area contributed by atoms with E-state index in [1.165, 1.54) is 5.69 Å². The molecule has 0 radical (unpaired) electrons. The van der Waals surface area contributed by atoms with Gasteiger partial charge in [0, 0.05) is 28.6 Å². The molecular formula is C29H34N2O3+2. The second-order valence-electron chi connectivity index (χ2n) is 8.89. The number of quaternary nitrogens is 1. The lowest BCUT2D eigenvalue weighted by molar-refractivity contribution is 0.0697. The molecule has 1 aliphatic heterocycles. The van der Waals surface area contributed by atoms with E-state index in [-0.39, 0.29) is 5.56 Å². The summed E-state index contributed by atoms with van der Waals surface area (Å²) in [4.78, 5) is 12.1. The smallest absolute Gasteiger partial charge is 0.336 e. The maximum Gasteiger partial charge on any atom is 0.336 e. The summed E-state index contributed by atoms with van der Waals surface area (Å²) in [6.45, 7) is 12.4. The number of carboxylic acid groups (broad SMARTS) is 1. The Labute approximate surface area is 201 Å². The summed E-state index contributed by atoms with van der Waals surface area (Å²) < 4.78 is 9.61. The highest BCUT2D eigenvalue weighted by molar-refractivity contribution is 6.07. The highest BCUT2D eigenvalue weighted by atomic mass is 16.4. The Hall–Kier alpha value is -3.44. The lowest BCUT2D eigenvalue weighted by Crippen LogP contribution is -2.44. The lowest BCUT2D eigenvalue weighted by Gasteiger charge is -2.31. The standard InChI is InChI=1S/C29H33N2O3/c1-6-30(7-2)20-14-16-24-26(18-20)34-27-19-21(31(5,8-3)9-4)15-17-25(27)28(24)22-12-10-11-13-23(22)29(32)33/h10-19H,6-9H2,1-5H3/q+1/p+1. The Bertz CT molecular complexity index is 1390. The van der Waals surface area contributed by atoms with E-state index in [2.05, 4.69) is 75.7 Å². The number of aromatic carboxylic acids is 1. The first-order chi connectivity index (χ1) is 16.4. The van der Waals surface area contributed by atoms with Gasteiger partial charge in [-0.3, -0.25) is 4.48 Å². The van der Waals surface area contributed by atoms with Crippen molar-refractivity contribution >= 4 is 22.6 Å². The second-order valence-corrected chi connectivity index (χ2v) is 8.89. The van der Waals surface area contributed by atoms with E-state index < -0.39 is 5.97 Å². The summed E-state index contributed by atoms with van der Waals surface area (Å²) in [5, 5.41) is 11.9. The monoisotopic (exact) mass is 458 g/mol. The minimum atomic E-state index is -0.935. The predicted octanol–water partition coefficient (Wildman–Crippen LogP) is 5.69. The van der Waals surface area contributed by atoms with E-state index in [1.807, 2.05) is 12.1 Å². The molecule has 5 nitrogen and oxygen atoms in total. The molecule has 2 aliphatic rings. The van der Waals surface area contributed by atoms with Gasteiger partial charge in [-0.05, 0) is 57.5 Å². The summed E-state index contributed by atoms with van der Waals surface area (Å²) in [6, 6.07) is 19.8. The number of rotatable bonds is 7. The van der Waals surface area contributed by atoms with Crippen LogP contribution in [0.2, 0.25) is 0 Å². The minimum Gasteiger partial charge on any atom is -0.478 e. The van der Waals surface area contributed by atoms with Crippen LogP contribution in [-0.4, -0.2) is 44.3 Å². The molecule has 0 amide bonds. The fourth-order valence-corrected chi connectivity index (χ4v) is 4.76. The first-order valence-corrected chi connectivity index (χ1v) is 12.1. The molecule has 0 saturated carbocycles. The third-order valence-electron chi connectivity index (χ3n) is 7.26. The first-order valence-electron chi connectivity index (χ1n) is 12.1. The SMILES string of the molecule is CC[N+](CC)=c1ccc2c(-c3ccccc3C(=O)O)c3ccc([N+](C)(CC)CC)cc3oc-2c1. The van der Waals surface area contributed by atoms with Crippen molar-refractivity contribution in [3.05, 3.63) is 71.6 Å². The number of hydrogen-bond donors (Lipinski definition) is 1. The average Bonchev–Trinajstić information content (AvgIpc) is 2.87.